The molecule has 1 aromatic carbocycles. The average Bonchev–Trinajstić information content (AvgIpc) is 2.84. The summed E-state index contributed by atoms with van der Waals surface area (Å²) in [6.45, 7) is 4.31. The number of nitrogens with zero attached hydrogens (tertiary/aromatic N) is 2. The number of amides is 1. The van der Waals surface area contributed by atoms with Crippen LogP contribution >= 0.6 is 0 Å². The minimum atomic E-state index is -3.68. The Morgan fingerprint density at radius 2 is 1.91 bits per heavy atom. The molecule has 2 N–H and O–H groups in total. The lowest BCUT2D eigenvalue weighted by Crippen LogP contribution is -2.41. The van der Waals surface area contributed by atoms with Crippen molar-refractivity contribution in [3.8, 4) is 5.88 Å². The van der Waals surface area contributed by atoms with Crippen LogP contribution in [-0.4, -0.2) is 36.9 Å². The zero-order valence-corrected chi connectivity index (χ0v) is 20.2. The lowest BCUT2D eigenvalue weighted by atomic mass is 9.86. The van der Waals surface area contributed by atoms with E-state index in [1.807, 2.05) is 38.1 Å². The van der Waals surface area contributed by atoms with Gasteiger partial charge in [-0.15, -0.1) is 0 Å². The van der Waals surface area contributed by atoms with E-state index < -0.39 is 10.0 Å². The van der Waals surface area contributed by atoms with Crippen LogP contribution in [0, 0.1) is 5.92 Å². The van der Waals surface area contributed by atoms with Crippen LogP contribution in [0.5, 0.6) is 5.88 Å². The van der Waals surface area contributed by atoms with Crippen molar-refractivity contribution in [3.05, 3.63) is 60.4 Å². The van der Waals surface area contributed by atoms with Crippen molar-refractivity contribution in [1.82, 2.24) is 20.0 Å². The first kappa shape index (κ1) is 24.1. The fourth-order valence-electron chi connectivity index (χ4n) is 4.28. The molecule has 0 bridgehead atoms. The Hall–Kier alpha value is -3.04. The third-order valence-electron chi connectivity index (χ3n) is 6.15. The minimum Gasteiger partial charge on any atom is -0.478 e. The molecule has 180 valence electrons. The molecule has 1 fully saturated rings. The number of hydrogen-bond acceptors (Lipinski definition) is 6. The molecule has 1 amide bonds. The van der Waals surface area contributed by atoms with Crippen molar-refractivity contribution in [2.24, 2.45) is 5.92 Å². The Balaban J connectivity index is 1.34. The molecule has 0 saturated heterocycles. The summed E-state index contributed by atoms with van der Waals surface area (Å²) in [6, 6.07) is 13.7. The average molecular weight is 483 g/mol. The molecule has 1 saturated carbocycles. The summed E-state index contributed by atoms with van der Waals surface area (Å²) in [5.41, 5.74) is 1.49. The predicted octanol–water partition coefficient (Wildman–Crippen LogP) is 3.74. The summed E-state index contributed by atoms with van der Waals surface area (Å²) in [5.74, 6) is 0.380. The van der Waals surface area contributed by atoms with Crippen LogP contribution in [0.4, 0.5) is 0 Å². The number of pyridine rings is 2. The molecule has 0 aliphatic heterocycles. The van der Waals surface area contributed by atoms with E-state index >= 15 is 0 Å². The molecule has 9 heteroatoms. The highest BCUT2D eigenvalue weighted by Gasteiger charge is 2.30. The van der Waals surface area contributed by atoms with E-state index in [9.17, 15) is 13.2 Å². The van der Waals surface area contributed by atoms with Crippen LogP contribution in [0.3, 0.4) is 0 Å². The number of ether oxygens (including phenoxy) is 1. The van der Waals surface area contributed by atoms with Gasteiger partial charge in [0, 0.05) is 29.6 Å². The van der Waals surface area contributed by atoms with Crippen LogP contribution < -0.4 is 14.8 Å². The van der Waals surface area contributed by atoms with E-state index in [1.165, 1.54) is 0 Å². The lowest BCUT2D eigenvalue weighted by molar-refractivity contribution is -0.126. The van der Waals surface area contributed by atoms with Crippen molar-refractivity contribution in [2.75, 3.05) is 6.61 Å². The Morgan fingerprint density at radius 3 is 2.62 bits per heavy atom. The van der Waals surface area contributed by atoms with Gasteiger partial charge in [0.15, 0.2) is 0 Å². The molecule has 0 radical (unpaired) electrons. The summed E-state index contributed by atoms with van der Waals surface area (Å²) < 4.78 is 34.2. The van der Waals surface area contributed by atoms with Crippen LogP contribution in [0.15, 0.2) is 59.6 Å². The number of carbonyl (C=O) groups is 1. The maximum Gasteiger partial charge on any atom is 0.240 e. The maximum absolute atomic E-state index is 13.0. The van der Waals surface area contributed by atoms with Gasteiger partial charge in [-0.05, 0) is 75.9 Å². The number of fused-ring (bicyclic) bond motifs is 1. The van der Waals surface area contributed by atoms with Crippen LogP contribution in [0.1, 0.15) is 51.3 Å². The first-order chi connectivity index (χ1) is 16.4. The van der Waals surface area contributed by atoms with Gasteiger partial charge < -0.3 is 10.1 Å². The maximum atomic E-state index is 13.0. The van der Waals surface area contributed by atoms with Crippen molar-refractivity contribution in [1.29, 1.82) is 0 Å². The first-order valence-corrected chi connectivity index (χ1v) is 13.1. The third kappa shape index (κ3) is 5.71. The highest BCUT2D eigenvalue weighted by molar-refractivity contribution is 7.89. The van der Waals surface area contributed by atoms with Gasteiger partial charge in [-0.2, -0.15) is 0 Å². The highest BCUT2D eigenvalue weighted by atomic mass is 32.2. The van der Waals surface area contributed by atoms with Crippen molar-refractivity contribution in [3.63, 3.8) is 0 Å². The van der Waals surface area contributed by atoms with Gasteiger partial charge in [-0.1, -0.05) is 6.07 Å². The predicted molar refractivity (Wildman–Crippen MR) is 130 cm³/mol. The SMILES string of the molecule is CCOc1ccc2cc(S(=O)(=O)NC3CCC(C(=O)N[C@H](C)c4ccccn4)CC3)ccc2n1. The molecule has 0 unspecified atom stereocenters. The topological polar surface area (TPSA) is 110 Å². The van der Waals surface area contributed by atoms with Crippen molar-refractivity contribution < 1.29 is 17.9 Å². The van der Waals surface area contributed by atoms with E-state index in [1.54, 1.807) is 30.5 Å². The first-order valence-electron chi connectivity index (χ1n) is 11.6. The van der Waals surface area contributed by atoms with Crippen LogP contribution in [0.2, 0.25) is 0 Å². The van der Waals surface area contributed by atoms with Gasteiger partial charge in [0.25, 0.3) is 0 Å². The molecule has 1 aliphatic rings. The number of benzene rings is 1. The van der Waals surface area contributed by atoms with Crippen LogP contribution in [0.25, 0.3) is 10.9 Å². The lowest BCUT2D eigenvalue weighted by Gasteiger charge is -2.29. The van der Waals surface area contributed by atoms with Gasteiger partial charge >= 0.3 is 0 Å². The quantitative estimate of drug-likeness (QED) is 0.506. The second-order valence-corrected chi connectivity index (χ2v) is 10.3. The number of nitrogens with one attached hydrogen (secondary N) is 2. The second-order valence-electron chi connectivity index (χ2n) is 8.59. The van der Waals surface area contributed by atoms with Crippen LogP contribution in [-0.2, 0) is 14.8 Å². The molecule has 34 heavy (non-hydrogen) atoms. The van der Waals surface area contributed by atoms with E-state index in [0.29, 0.717) is 43.7 Å². The Kier molecular flexibility index (Phi) is 7.43. The third-order valence-corrected chi connectivity index (χ3v) is 7.67. The molecule has 1 aliphatic carbocycles. The van der Waals surface area contributed by atoms with Gasteiger partial charge in [0.05, 0.1) is 28.8 Å². The molecule has 0 spiro atoms. The van der Waals surface area contributed by atoms with Gasteiger partial charge in [0.2, 0.25) is 21.8 Å². The normalized spacial score (nSPS) is 19.5. The number of aromatic nitrogens is 2. The van der Waals surface area contributed by atoms with E-state index in [-0.39, 0.29) is 28.8 Å². The summed E-state index contributed by atoms with van der Waals surface area (Å²) in [5, 5.41) is 3.76. The Bertz CT molecular complexity index is 1240. The van der Waals surface area contributed by atoms with Gasteiger partial charge in [-0.3, -0.25) is 9.78 Å². The smallest absolute Gasteiger partial charge is 0.240 e. The summed E-state index contributed by atoms with van der Waals surface area (Å²) in [7, 11) is -3.68. The fourth-order valence-corrected chi connectivity index (χ4v) is 5.62. The van der Waals surface area contributed by atoms with Crippen molar-refractivity contribution >= 4 is 26.8 Å². The Labute approximate surface area is 200 Å². The monoisotopic (exact) mass is 482 g/mol. The summed E-state index contributed by atoms with van der Waals surface area (Å²) >= 11 is 0. The molecule has 1 atom stereocenters. The molecule has 8 nitrogen and oxygen atoms in total. The number of hydrogen-bond donors (Lipinski definition) is 2. The minimum absolute atomic E-state index is 0.00656. The zero-order valence-electron chi connectivity index (χ0n) is 19.4. The Morgan fingerprint density at radius 1 is 1.12 bits per heavy atom. The number of sulfonamides is 1. The van der Waals surface area contributed by atoms with Gasteiger partial charge in [0.1, 0.15) is 0 Å². The zero-order chi connectivity index (χ0) is 24.1. The van der Waals surface area contributed by atoms with Gasteiger partial charge in [-0.25, -0.2) is 18.1 Å². The largest absolute Gasteiger partial charge is 0.478 e. The molecule has 4 rings (SSSR count). The summed E-state index contributed by atoms with van der Waals surface area (Å²) in [4.78, 5) is 21.6. The highest BCUT2D eigenvalue weighted by Crippen LogP contribution is 2.27. The van der Waals surface area contributed by atoms with E-state index in [2.05, 4.69) is 20.0 Å². The summed E-state index contributed by atoms with van der Waals surface area (Å²) in [6.07, 6.45) is 4.20. The van der Waals surface area contributed by atoms with Crippen molar-refractivity contribution in [2.45, 2.75) is 56.5 Å². The standard InChI is InChI=1S/C25H30N4O4S/c1-3-33-24-14-9-19-16-21(12-13-23(19)28-24)34(31,32)29-20-10-7-18(8-11-20)25(30)27-17(2)22-6-4-5-15-26-22/h4-6,9,12-18,20,29H,3,7-8,10-11H2,1-2H3,(H,27,30)/t17-,18?,20?/m1/s1. The molecular formula is C25H30N4O4S. The molecular weight excluding hydrogens is 452 g/mol. The van der Waals surface area contributed by atoms with E-state index in [4.69, 9.17) is 4.74 Å². The number of carbonyl (C=O) groups excluding carboxylic acids is 1. The molecule has 2 heterocycles. The van der Waals surface area contributed by atoms with E-state index in [0.717, 1.165) is 11.1 Å². The fraction of sp³-hybridized carbons (Fsp3) is 0.400. The molecule has 2 aromatic heterocycles. The second kappa shape index (κ2) is 10.5. The molecule has 3 aromatic rings. The number of rotatable bonds is 8.